The zero-order chi connectivity index (χ0) is 2.00. The Balaban J connectivity index is -0.00000000500. The minimum absolute atomic E-state index is 0. The molecule has 0 aromatic carbocycles. The molecule has 0 amide bonds. The van der Waals surface area contributed by atoms with Gasteiger partial charge in [-0.3, -0.25) is 0 Å². The molecule has 0 rings (SSSR count). The van der Waals surface area contributed by atoms with Crippen LogP contribution in [0.15, 0.2) is 0 Å². The van der Waals surface area contributed by atoms with Gasteiger partial charge < -0.3 is 11.6 Å². The van der Waals surface area contributed by atoms with Gasteiger partial charge in [0.25, 0.3) is 0 Å². The van der Waals surface area contributed by atoms with Crippen LogP contribution in [0.3, 0.4) is 0 Å². The molecule has 22 valence electrons. The van der Waals surface area contributed by atoms with E-state index in [1.54, 1.807) is 6.92 Å². The first kappa shape index (κ1) is 17.6. The van der Waals surface area contributed by atoms with Gasteiger partial charge >= 0.3 is 51.4 Å². The fraction of sp³-hybridized carbons (Fsp3) is 0.500. The van der Waals surface area contributed by atoms with Crippen molar-refractivity contribution in [1.29, 1.82) is 0 Å². The Kier molecular flexibility index (Phi) is 104. The maximum atomic E-state index is 3.25. The Hall–Kier alpha value is 1.57. The third-order valence-corrected chi connectivity index (χ3v) is 0. The molecular weight excluding hydrogens is 82.1 g/mol. The molecule has 0 aliphatic carbocycles. The summed E-state index contributed by atoms with van der Waals surface area (Å²) in [7, 11) is 0. The second-order valence-electron chi connectivity index (χ2n) is 0. The van der Waals surface area contributed by atoms with Gasteiger partial charge in [-0.2, -0.15) is 6.92 Å². The predicted octanol–water partition coefficient (Wildman–Crippen LogP) is -5.15. The molecule has 0 radical (unpaired) electrons. The SMILES string of the molecule is [CH2-]C.[F-].[K+]. The minimum atomic E-state index is 0. The van der Waals surface area contributed by atoms with Crippen molar-refractivity contribution in [3.8, 4) is 0 Å². The fourth-order valence-electron chi connectivity index (χ4n) is 0. The Labute approximate surface area is 68.8 Å². The molecule has 4 heavy (non-hydrogen) atoms. The molecule has 0 unspecified atom stereocenters. The molecule has 0 aromatic rings. The summed E-state index contributed by atoms with van der Waals surface area (Å²) in [5, 5.41) is 0. The molecule has 0 bridgehead atoms. The summed E-state index contributed by atoms with van der Waals surface area (Å²) in [6, 6.07) is 0. The molecule has 0 N–H and O–H groups in total. The molecule has 0 nitrogen and oxygen atoms in total. The summed E-state index contributed by atoms with van der Waals surface area (Å²) in [6.45, 7) is 5.00. The Morgan fingerprint density at radius 2 is 1.25 bits per heavy atom. The Morgan fingerprint density at radius 3 is 1.25 bits per heavy atom. The number of rotatable bonds is 0. The maximum Gasteiger partial charge on any atom is 1.00 e. The molecule has 0 fully saturated rings. The van der Waals surface area contributed by atoms with E-state index in [1.165, 1.54) is 0 Å². The van der Waals surface area contributed by atoms with Crippen molar-refractivity contribution in [2.45, 2.75) is 6.92 Å². The van der Waals surface area contributed by atoms with Gasteiger partial charge in [0.1, 0.15) is 0 Å². The summed E-state index contributed by atoms with van der Waals surface area (Å²) in [5.74, 6) is 0. The van der Waals surface area contributed by atoms with Gasteiger partial charge in [-0.15, -0.1) is 0 Å². The van der Waals surface area contributed by atoms with Crippen molar-refractivity contribution in [3.63, 3.8) is 0 Å². The van der Waals surface area contributed by atoms with Crippen LogP contribution >= 0.6 is 0 Å². The van der Waals surface area contributed by atoms with Crippen molar-refractivity contribution in [3.05, 3.63) is 6.92 Å². The Bertz CT molecular complexity index is 6.00. The fourth-order valence-corrected chi connectivity index (χ4v) is 0. The molecule has 0 saturated carbocycles. The average Bonchev–Trinajstić information content (AvgIpc) is 1.00. The summed E-state index contributed by atoms with van der Waals surface area (Å²) in [5.41, 5.74) is 0. The summed E-state index contributed by atoms with van der Waals surface area (Å²) >= 11 is 0. The summed E-state index contributed by atoms with van der Waals surface area (Å²) < 4.78 is 0. The zero-order valence-corrected chi connectivity index (χ0v) is 6.21. The first-order valence-electron chi connectivity index (χ1n) is 0.707. The summed E-state index contributed by atoms with van der Waals surface area (Å²) in [6.07, 6.45) is 0. The van der Waals surface area contributed by atoms with Crippen LogP contribution in [-0.4, -0.2) is 0 Å². The third kappa shape index (κ3) is 9.57. The van der Waals surface area contributed by atoms with Crippen LogP contribution in [0.25, 0.3) is 0 Å². The first-order chi connectivity index (χ1) is 1.00. The first-order valence-corrected chi connectivity index (χ1v) is 0.707. The van der Waals surface area contributed by atoms with Gasteiger partial charge in [-0.1, -0.05) is 0 Å². The topological polar surface area (TPSA) is 0 Å². The second-order valence-corrected chi connectivity index (χ2v) is 0. The monoisotopic (exact) mass is 87.0 g/mol. The summed E-state index contributed by atoms with van der Waals surface area (Å²) in [4.78, 5) is 0. The molecule has 0 aromatic heterocycles. The number of halogens is 1. The molecular formula is C2H5FK-. The quantitative estimate of drug-likeness (QED) is 0.205. The van der Waals surface area contributed by atoms with E-state index in [2.05, 4.69) is 6.92 Å². The Morgan fingerprint density at radius 1 is 1.25 bits per heavy atom. The van der Waals surface area contributed by atoms with E-state index in [4.69, 9.17) is 0 Å². The number of hydrogen-bond acceptors (Lipinski definition) is 0. The van der Waals surface area contributed by atoms with Crippen molar-refractivity contribution in [2.24, 2.45) is 0 Å². The third-order valence-electron chi connectivity index (χ3n) is 0. The van der Waals surface area contributed by atoms with Crippen molar-refractivity contribution < 1.29 is 56.1 Å². The predicted molar refractivity (Wildman–Crippen MR) is 11.0 cm³/mol. The standard InChI is InChI=1S/C2H5.FH.K/c1-2;;/h1H2,2H3;1H;/q-1;;+1/p-1. The van der Waals surface area contributed by atoms with Crippen molar-refractivity contribution in [1.82, 2.24) is 0 Å². The van der Waals surface area contributed by atoms with Gasteiger partial charge in [0, 0.05) is 0 Å². The van der Waals surface area contributed by atoms with Crippen LogP contribution in [0.4, 0.5) is 0 Å². The molecule has 2 heteroatoms. The van der Waals surface area contributed by atoms with E-state index in [0.717, 1.165) is 0 Å². The molecule has 0 aliphatic heterocycles. The maximum absolute atomic E-state index is 3.25. The van der Waals surface area contributed by atoms with Crippen LogP contribution in [0, 0.1) is 6.92 Å². The molecule has 0 saturated heterocycles. The van der Waals surface area contributed by atoms with E-state index in [0.29, 0.717) is 0 Å². The van der Waals surface area contributed by atoms with Crippen LogP contribution in [0.2, 0.25) is 0 Å². The van der Waals surface area contributed by atoms with Crippen LogP contribution < -0.4 is 56.1 Å². The van der Waals surface area contributed by atoms with Gasteiger partial charge in [-0.25, -0.2) is 0 Å². The smallest absolute Gasteiger partial charge is 1.00 e. The zero-order valence-electron chi connectivity index (χ0n) is 3.09. The molecule has 0 spiro atoms. The van der Waals surface area contributed by atoms with Gasteiger partial charge in [0.05, 0.1) is 0 Å². The largest absolute Gasteiger partial charge is 1.00 e. The molecule has 0 atom stereocenters. The van der Waals surface area contributed by atoms with Gasteiger partial charge in [-0.05, 0) is 0 Å². The average molecular weight is 87.2 g/mol. The van der Waals surface area contributed by atoms with Crippen molar-refractivity contribution in [2.75, 3.05) is 0 Å². The number of hydrogen-bond donors (Lipinski definition) is 0. The van der Waals surface area contributed by atoms with E-state index in [9.17, 15) is 0 Å². The molecule has 0 aliphatic rings. The normalized spacial score (nSPS) is 1.50. The minimum Gasteiger partial charge on any atom is -1.00 e. The van der Waals surface area contributed by atoms with E-state index >= 15 is 0 Å². The van der Waals surface area contributed by atoms with E-state index < -0.39 is 0 Å². The van der Waals surface area contributed by atoms with Gasteiger partial charge in [0.2, 0.25) is 0 Å². The molecule has 0 heterocycles. The van der Waals surface area contributed by atoms with E-state index in [-0.39, 0.29) is 56.1 Å². The van der Waals surface area contributed by atoms with Gasteiger partial charge in [0.15, 0.2) is 0 Å². The van der Waals surface area contributed by atoms with Crippen LogP contribution in [0.5, 0.6) is 0 Å². The van der Waals surface area contributed by atoms with E-state index in [1.807, 2.05) is 0 Å². The van der Waals surface area contributed by atoms with Crippen LogP contribution in [0.1, 0.15) is 6.92 Å². The van der Waals surface area contributed by atoms with Crippen molar-refractivity contribution >= 4 is 0 Å². The van der Waals surface area contributed by atoms with Crippen LogP contribution in [-0.2, 0) is 0 Å². The second kappa shape index (κ2) is 23.7.